The maximum atomic E-state index is 12.4. The molecule has 2 N–H and O–H groups in total. The quantitative estimate of drug-likeness (QED) is 0.820. The third kappa shape index (κ3) is 5.01. The molecule has 0 aliphatic carbocycles. The van der Waals surface area contributed by atoms with Crippen LogP contribution in [0.3, 0.4) is 0 Å². The van der Waals surface area contributed by atoms with E-state index in [0.717, 1.165) is 36.4 Å². The van der Waals surface area contributed by atoms with Crippen LogP contribution in [0.2, 0.25) is 0 Å². The number of carbonyl (C=O) groups excluding carboxylic acids is 1. The first-order chi connectivity index (χ1) is 12.9. The first kappa shape index (κ1) is 19.7. The van der Waals surface area contributed by atoms with Crippen molar-refractivity contribution >= 4 is 17.1 Å². The van der Waals surface area contributed by atoms with Gasteiger partial charge in [0.25, 0.3) is 0 Å². The van der Waals surface area contributed by atoms with Gasteiger partial charge in [-0.1, -0.05) is 12.1 Å². The van der Waals surface area contributed by atoms with E-state index in [0.29, 0.717) is 18.5 Å². The predicted molar refractivity (Wildman–Crippen MR) is 110 cm³/mol. The van der Waals surface area contributed by atoms with E-state index in [1.54, 1.807) is 4.90 Å². The number of H-pyrrole nitrogens is 1. The highest BCUT2D eigenvalue weighted by atomic mass is 16.2. The van der Waals surface area contributed by atoms with E-state index in [-0.39, 0.29) is 6.03 Å². The number of carbonyl (C=O) groups is 1. The third-order valence-corrected chi connectivity index (χ3v) is 5.62. The summed E-state index contributed by atoms with van der Waals surface area (Å²) in [5.74, 6) is 1.48. The van der Waals surface area contributed by atoms with E-state index < -0.39 is 0 Å². The number of aromatic amines is 1. The minimum Gasteiger partial charge on any atom is -0.342 e. The SMILES string of the molecule is Cc1cccc2[nH]c(CCN(C)C(=O)NC[C@H]3CCCN(C(C)C)C3)nc12. The molecule has 6 nitrogen and oxygen atoms in total. The Morgan fingerprint density at radius 2 is 2.26 bits per heavy atom. The molecule has 1 atom stereocenters. The first-order valence-corrected chi connectivity index (χ1v) is 10.1. The number of para-hydroxylation sites is 1. The molecule has 1 aromatic carbocycles. The van der Waals surface area contributed by atoms with Crippen LogP contribution in [-0.2, 0) is 6.42 Å². The van der Waals surface area contributed by atoms with Gasteiger partial charge in [-0.05, 0) is 57.7 Å². The van der Waals surface area contributed by atoms with Crippen molar-refractivity contribution < 1.29 is 4.79 Å². The fraction of sp³-hybridized carbons (Fsp3) is 0.619. The first-order valence-electron chi connectivity index (χ1n) is 10.1. The van der Waals surface area contributed by atoms with Gasteiger partial charge in [0.1, 0.15) is 5.82 Å². The number of hydrogen-bond acceptors (Lipinski definition) is 3. The number of amides is 2. The Hall–Kier alpha value is -2.08. The third-order valence-electron chi connectivity index (χ3n) is 5.62. The minimum absolute atomic E-state index is 0.00367. The van der Waals surface area contributed by atoms with Gasteiger partial charge in [-0.15, -0.1) is 0 Å². The van der Waals surface area contributed by atoms with Gasteiger partial charge in [-0.2, -0.15) is 0 Å². The lowest BCUT2D eigenvalue weighted by molar-refractivity contribution is 0.137. The van der Waals surface area contributed by atoms with Gasteiger partial charge in [-0.25, -0.2) is 9.78 Å². The van der Waals surface area contributed by atoms with Gasteiger partial charge in [-0.3, -0.25) is 0 Å². The number of piperidine rings is 1. The predicted octanol–water partition coefficient (Wildman–Crippen LogP) is 3.18. The van der Waals surface area contributed by atoms with Crippen LogP contribution in [0.25, 0.3) is 11.0 Å². The molecule has 1 aliphatic heterocycles. The molecule has 2 aromatic rings. The Bertz CT molecular complexity index is 769. The second-order valence-electron chi connectivity index (χ2n) is 8.11. The lowest BCUT2D eigenvalue weighted by Gasteiger charge is -2.35. The summed E-state index contributed by atoms with van der Waals surface area (Å²) in [6, 6.07) is 6.73. The number of hydrogen-bond donors (Lipinski definition) is 2. The van der Waals surface area contributed by atoms with Crippen molar-refractivity contribution in [2.45, 2.75) is 46.1 Å². The monoisotopic (exact) mass is 371 g/mol. The molecule has 3 rings (SSSR count). The van der Waals surface area contributed by atoms with E-state index in [1.807, 2.05) is 19.2 Å². The molecule has 1 aliphatic rings. The molecule has 0 saturated carbocycles. The van der Waals surface area contributed by atoms with E-state index in [2.05, 4.69) is 47.0 Å². The Morgan fingerprint density at radius 1 is 1.44 bits per heavy atom. The number of fused-ring (bicyclic) bond motifs is 1. The summed E-state index contributed by atoms with van der Waals surface area (Å²) in [5, 5.41) is 3.11. The van der Waals surface area contributed by atoms with Gasteiger partial charge in [0, 0.05) is 39.1 Å². The molecule has 2 heterocycles. The Labute approximate surface area is 162 Å². The topological polar surface area (TPSA) is 64.3 Å². The van der Waals surface area contributed by atoms with Gasteiger partial charge in [0.05, 0.1) is 11.0 Å². The van der Waals surface area contributed by atoms with Crippen LogP contribution in [0.1, 0.15) is 38.1 Å². The Balaban J connectivity index is 1.45. The summed E-state index contributed by atoms with van der Waals surface area (Å²) in [5.41, 5.74) is 3.25. The van der Waals surface area contributed by atoms with E-state index in [1.165, 1.54) is 24.9 Å². The number of nitrogens with one attached hydrogen (secondary N) is 2. The number of aromatic nitrogens is 2. The molecule has 27 heavy (non-hydrogen) atoms. The van der Waals surface area contributed by atoms with Gasteiger partial charge < -0.3 is 20.1 Å². The average Bonchev–Trinajstić information content (AvgIpc) is 3.09. The summed E-state index contributed by atoms with van der Waals surface area (Å²) >= 11 is 0. The van der Waals surface area contributed by atoms with Crippen molar-refractivity contribution in [3.63, 3.8) is 0 Å². The molecule has 2 amide bonds. The van der Waals surface area contributed by atoms with Crippen molar-refractivity contribution in [2.75, 3.05) is 33.2 Å². The van der Waals surface area contributed by atoms with Crippen molar-refractivity contribution in [1.82, 2.24) is 25.1 Å². The number of aryl methyl sites for hydroxylation is 1. The second-order valence-corrected chi connectivity index (χ2v) is 8.11. The molecule has 1 aromatic heterocycles. The van der Waals surface area contributed by atoms with Crippen LogP contribution < -0.4 is 5.32 Å². The number of rotatable bonds is 6. The minimum atomic E-state index is 0.00367. The molecule has 0 unspecified atom stereocenters. The van der Waals surface area contributed by atoms with Crippen molar-refractivity contribution in [2.24, 2.45) is 5.92 Å². The molecule has 1 fully saturated rings. The zero-order valence-corrected chi connectivity index (χ0v) is 17.1. The summed E-state index contributed by atoms with van der Waals surface area (Å²) in [6.45, 7) is 10.2. The molecule has 0 radical (unpaired) electrons. The molecule has 148 valence electrons. The van der Waals surface area contributed by atoms with Gasteiger partial charge in [0.15, 0.2) is 0 Å². The fourth-order valence-electron chi connectivity index (χ4n) is 3.82. The van der Waals surface area contributed by atoms with Crippen LogP contribution in [-0.4, -0.2) is 65.1 Å². The zero-order valence-electron chi connectivity index (χ0n) is 17.1. The van der Waals surface area contributed by atoms with Gasteiger partial charge >= 0.3 is 6.03 Å². The Morgan fingerprint density at radius 3 is 3.00 bits per heavy atom. The van der Waals surface area contributed by atoms with Crippen LogP contribution in [0.15, 0.2) is 18.2 Å². The number of imidazole rings is 1. The van der Waals surface area contributed by atoms with E-state index in [4.69, 9.17) is 0 Å². The highest BCUT2D eigenvalue weighted by Gasteiger charge is 2.22. The van der Waals surface area contributed by atoms with Crippen molar-refractivity contribution in [3.8, 4) is 0 Å². The lowest BCUT2D eigenvalue weighted by Crippen LogP contribution is -2.46. The number of likely N-dealkylation sites (N-methyl/N-ethyl adjacent to an activating group) is 1. The zero-order chi connectivity index (χ0) is 19.4. The van der Waals surface area contributed by atoms with Gasteiger partial charge in [0.2, 0.25) is 0 Å². The largest absolute Gasteiger partial charge is 0.342 e. The van der Waals surface area contributed by atoms with Crippen molar-refractivity contribution in [3.05, 3.63) is 29.6 Å². The molecule has 1 saturated heterocycles. The van der Waals surface area contributed by atoms with E-state index >= 15 is 0 Å². The number of urea groups is 1. The van der Waals surface area contributed by atoms with Crippen molar-refractivity contribution in [1.29, 1.82) is 0 Å². The van der Waals surface area contributed by atoms with Crippen LogP contribution >= 0.6 is 0 Å². The summed E-state index contributed by atoms with van der Waals surface area (Å²) in [6.07, 6.45) is 3.15. The lowest BCUT2D eigenvalue weighted by atomic mass is 9.97. The smallest absolute Gasteiger partial charge is 0.317 e. The maximum Gasteiger partial charge on any atom is 0.317 e. The summed E-state index contributed by atoms with van der Waals surface area (Å²) in [7, 11) is 1.85. The van der Waals surface area contributed by atoms with E-state index in [9.17, 15) is 4.79 Å². The molecular weight excluding hydrogens is 338 g/mol. The summed E-state index contributed by atoms with van der Waals surface area (Å²) < 4.78 is 0. The molecule has 0 spiro atoms. The molecule has 6 heteroatoms. The molecule has 0 bridgehead atoms. The highest BCUT2D eigenvalue weighted by molar-refractivity contribution is 5.78. The van der Waals surface area contributed by atoms with Crippen LogP contribution in [0, 0.1) is 12.8 Å². The van der Waals surface area contributed by atoms with Crippen LogP contribution in [0.4, 0.5) is 4.79 Å². The standard InChI is InChI=1S/C21H33N5O/c1-15(2)26-11-6-8-17(14-26)13-22-21(27)25(4)12-10-19-23-18-9-5-7-16(3)20(18)24-19/h5,7,9,15,17H,6,8,10-14H2,1-4H3,(H,22,27)(H,23,24)/t17-/m1/s1. The Kier molecular flexibility index (Phi) is 6.37. The number of likely N-dealkylation sites (tertiary alicyclic amines) is 1. The second kappa shape index (κ2) is 8.74. The molecular formula is C21H33N5O. The number of benzene rings is 1. The maximum absolute atomic E-state index is 12.4. The normalized spacial score (nSPS) is 18.2. The van der Waals surface area contributed by atoms with Crippen LogP contribution in [0.5, 0.6) is 0 Å². The average molecular weight is 372 g/mol. The number of nitrogens with zero attached hydrogens (tertiary/aromatic N) is 3. The fourth-order valence-corrected chi connectivity index (χ4v) is 3.82. The summed E-state index contributed by atoms with van der Waals surface area (Å²) in [4.78, 5) is 24.7. The highest BCUT2D eigenvalue weighted by Crippen LogP contribution is 2.18.